The first-order valence-corrected chi connectivity index (χ1v) is 8.13. The van der Waals surface area contributed by atoms with Gasteiger partial charge in [-0.25, -0.2) is 4.79 Å². The van der Waals surface area contributed by atoms with Gasteiger partial charge in [-0.15, -0.1) is 0 Å². The molecule has 0 bridgehead atoms. The topological polar surface area (TPSA) is 88.8 Å². The summed E-state index contributed by atoms with van der Waals surface area (Å²) in [5, 5.41) is 12.8. The van der Waals surface area contributed by atoms with Crippen LogP contribution in [0.5, 0.6) is 5.75 Å². The molecule has 6 nitrogen and oxygen atoms in total. The van der Waals surface area contributed by atoms with Crippen LogP contribution in [0.15, 0.2) is 52.9 Å². The van der Waals surface area contributed by atoms with Gasteiger partial charge in [0.05, 0.1) is 7.11 Å². The minimum absolute atomic E-state index is 0.0894. The lowest BCUT2D eigenvalue weighted by Gasteiger charge is -2.14. The van der Waals surface area contributed by atoms with E-state index in [0.717, 1.165) is 16.5 Å². The molecule has 1 aromatic heterocycles. The van der Waals surface area contributed by atoms with Crippen LogP contribution in [-0.4, -0.2) is 30.1 Å². The summed E-state index contributed by atoms with van der Waals surface area (Å²) in [7, 11) is 1.56. The Bertz CT molecular complexity index is 942. The highest BCUT2D eigenvalue weighted by atomic mass is 16.5. The average molecular weight is 353 g/mol. The van der Waals surface area contributed by atoms with Gasteiger partial charge in [-0.2, -0.15) is 0 Å². The fourth-order valence-electron chi connectivity index (χ4n) is 2.68. The molecule has 6 heteroatoms. The van der Waals surface area contributed by atoms with E-state index in [1.54, 1.807) is 37.4 Å². The number of benzene rings is 2. The zero-order valence-corrected chi connectivity index (χ0v) is 14.5. The van der Waals surface area contributed by atoms with Crippen molar-refractivity contribution in [1.82, 2.24) is 5.32 Å². The molecular formula is C20H19NO5. The molecule has 3 rings (SSSR count). The van der Waals surface area contributed by atoms with Crippen LogP contribution < -0.4 is 10.1 Å². The van der Waals surface area contributed by atoms with Crippen molar-refractivity contribution in [2.45, 2.75) is 19.4 Å². The minimum Gasteiger partial charge on any atom is -0.497 e. The Kier molecular flexibility index (Phi) is 4.93. The molecule has 134 valence electrons. The Hall–Kier alpha value is -3.28. The van der Waals surface area contributed by atoms with Crippen molar-refractivity contribution >= 4 is 22.8 Å². The zero-order valence-electron chi connectivity index (χ0n) is 14.5. The smallest absolute Gasteiger partial charge is 0.326 e. The first kappa shape index (κ1) is 17.5. The second kappa shape index (κ2) is 7.31. The highest BCUT2D eigenvalue weighted by Gasteiger charge is 2.23. The maximum Gasteiger partial charge on any atom is 0.326 e. The van der Waals surface area contributed by atoms with Crippen molar-refractivity contribution in [3.63, 3.8) is 0 Å². The molecule has 3 aromatic rings. The first-order valence-electron chi connectivity index (χ1n) is 8.13. The minimum atomic E-state index is -1.11. The Labute approximate surface area is 150 Å². The molecule has 0 saturated heterocycles. The SMILES string of the molecule is COc1ccc(C[C@H](NC(=O)c2cc3ccc(C)cc3o2)C(=O)O)cc1. The molecule has 0 saturated carbocycles. The normalized spacial score (nSPS) is 11.9. The van der Waals surface area contributed by atoms with E-state index in [2.05, 4.69) is 5.32 Å². The largest absolute Gasteiger partial charge is 0.497 e. The van der Waals surface area contributed by atoms with E-state index in [0.29, 0.717) is 11.3 Å². The van der Waals surface area contributed by atoms with E-state index < -0.39 is 17.9 Å². The highest BCUT2D eigenvalue weighted by molar-refractivity contribution is 5.98. The number of carbonyl (C=O) groups is 2. The molecule has 2 N–H and O–H groups in total. The predicted octanol–water partition coefficient (Wildman–Crippen LogP) is 3.18. The number of ether oxygens (including phenoxy) is 1. The van der Waals surface area contributed by atoms with Crippen molar-refractivity contribution in [3.8, 4) is 5.75 Å². The maximum absolute atomic E-state index is 12.4. The van der Waals surface area contributed by atoms with Crippen LogP contribution in [0.25, 0.3) is 11.0 Å². The molecule has 2 aromatic carbocycles. The van der Waals surface area contributed by atoms with E-state index in [9.17, 15) is 14.7 Å². The van der Waals surface area contributed by atoms with Gasteiger partial charge in [-0.3, -0.25) is 4.79 Å². The number of fused-ring (bicyclic) bond motifs is 1. The number of methoxy groups -OCH3 is 1. The van der Waals surface area contributed by atoms with Crippen LogP contribution >= 0.6 is 0 Å². The third kappa shape index (κ3) is 3.85. The summed E-state index contributed by atoms with van der Waals surface area (Å²) in [6.45, 7) is 1.93. The molecule has 0 aliphatic carbocycles. The van der Waals surface area contributed by atoms with E-state index >= 15 is 0 Å². The lowest BCUT2D eigenvalue weighted by molar-refractivity contribution is -0.139. The van der Waals surface area contributed by atoms with Crippen LogP contribution in [0.3, 0.4) is 0 Å². The molecule has 0 unspecified atom stereocenters. The monoisotopic (exact) mass is 353 g/mol. The first-order chi connectivity index (χ1) is 12.5. The molecule has 26 heavy (non-hydrogen) atoms. The second-order valence-corrected chi connectivity index (χ2v) is 6.07. The van der Waals surface area contributed by atoms with E-state index in [1.807, 2.05) is 25.1 Å². The number of nitrogens with one attached hydrogen (secondary N) is 1. The number of carboxylic acid groups (broad SMARTS) is 1. The van der Waals surface area contributed by atoms with Gasteiger partial charge in [0.2, 0.25) is 0 Å². The lowest BCUT2D eigenvalue weighted by atomic mass is 10.1. The van der Waals surface area contributed by atoms with E-state index in [-0.39, 0.29) is 12.2 Å². The highest BCUT2D eigenvalue weighted by Crippen LogP contribution is 2.21. The molecule has 1 atom stereocenters. The van der Waals surface area contributed by atoms with Gasteiger partial charge in [-0.1, -0.05) is 24.3 Å². The summed E-state index contributed by atoms with van der Waals surface area (Å²) < 4.78 is 10.6. The average Bonchev–Trinajstić information content (AvgIpc) is 3.05. The molecule has 1 heterocycles. The van der Waals surface area contributed by atoms with Crippen LogP contribution in [0.1, 0.15) is 21.7 Å². The van der Waals surface area contributed by atoms with Crippen LogP contribution in [-0.2, 0) is 11.2 Å². The number of aryl methyl sites for hydroxylation is 1. The van der Waals surface area contributed by atoms with Crippen molar-refractivity contribution in [2.75, 3.05) is 7.11 Å². The molecule has 0 aliphatic rings. The van der Waals surface area contributed by atoms with Gasteiger partial charge >= 0.3 is 5.97 Å². The number of carbonyl (C=O) groups excluding carboxylic acids is 1. The summed E-state index contributed by atoms with van der Waals surface area (Å²) in [5.41, 5.74) is 2.39. The molecule has 0 spiro atoms. The van der Waals surface area contributed by atoms with Crippen LogP contribution in [0.2, 0.25) is 0 Å². The Morgan fingerprint density at radius 2 is 1.88 bits per heavy atom. The van der Waals surface area contributed by atoms with Gasteiger partial charge in [0.15, 0.2) is 5.76 Å². The van der Waals surface area contributed by atoms with Gasteiger partial charge < -0.3 is 19.6 Å². The number of carboxylic acids is 1. The van der Waals surface area contributed by atoms with Crippen molar-refractivity contribution in [2.24, 2.45) is 0 Å². The van der Waals surface area contributed by atoms with Gasteiger partial charge in [-0.05, 0) is 42.3 Å². The third-order valence-electron chi connectivity index (χ3n) is 4.10. The number of amides is 1. The van der Waals surface area contributed by atoms with Gasteiger partial charge in [0.1, 0.15) is 17.4 Å². The Morgan fingerprint density at radius 1 is 1.15 bits per heavy atom. The molecule has 0 fully saturated rings. The fourth-order valence-corrected chi connectivity index (χ4v) is 2.68. The number of aliphatic carboxylic acids is 1. The Morgan fingerprint density at radius 3 is 2.54 bits per heavy atom. The number of hydrogen-bond donors (Lipinski definition) is 2. The predicted molar refractivity (Wildman–Crippen MR) is 96.5 cm³/mol. The van der Waals surface area contributed by atoms with Gasteiger partial charge in [0, 0.05) is 11.8 Å². The summed E-state index contributed by atoms with van der Waals surface area (Å²) >= 11 is 0. The van der Waals surface area contributed by atoms with E-state index in [4.69, 9.17) is 9.15 Å². The number of furan rings is 1. The lowest BCUT2D eigenvalue weighted by Crippen LogP contribution is -2.42. The van der Waals surface area contributed by atoms with Crippen molar-refractivity contribution in [3.05, 3.63) is 65.4 Å². The number of rotatable bonds is 6. The maximum atomic E-state index is 12.4. The Balaban J connectivity index is 1.75. The zero-order chi connectivity index (χ0) is 18.7. The second-order valence-electron chi connectivity index (χ2n) is 6.07. The van der Waals surface area contributed by atoms with Crippen molar-refractivity contribution < 1.29 is 23.8 Å². The summed E-state index contributed by atoms with van der Waals surface area (Å²) in [6, 6.07) is 13.2. The summed E-state index contributed by atoms with van der Waals surface area (Å²) in [5.74, 6) is -0.894. The van der Waals surface area contributed by atoms with E-state index in [1.165, 1.54) is 0 Å². The summed E-state index contributed by atoms with van der Waals surface area (Å²) in [4.78, 5) is 24.0. The van der Waals surface area contributed by atoms with Crippen LogP contribution in [0.4, 0.5) is 0 Å². The molecular weight excluding hydrogens is 334 g/mol. The van der Waals surface area contributed by atoms with Crippen molar-refractivity contribution in [1.29, 1.82) is 0 Å². The third-order valence-corrected chi connectivity index (χ3v) is 4.10. The van der Waals surface area contributed by atoms with Gasteiger partial charge in [0.25, 0.3) is 5.91 Å². The number of hydrogen-bond acceptors (Lipinski definition) is 4. The van der Waals surface area contributed by atoms with Crippen LogP contribution in [0, 0.1) is 6.92 Å². The molecule has 1 amide bonds. The fraction of sp³-hybridized carbons (Fsp3) is 0.200. The quantitative estimate of drug-likeness (QED) is 0.710. The summed E-state index contributed by atoms with van der Waals surface area (Å²) in [6.07, 6.45) is 0.157. The molecule has 0 aliphatic heterocycles. The standard InChI is InChI=1S/C20H19NO5/c1-12-3-6-14-11-18(26-17(14)9-12)19(22)21-16(20(23)24)10-13-4-7-15(25-2)8-5-13/h3-9,11,16H,10H2,1-2H3,(H,21,22)(H,23,24)/t16-/m0/s1. The molecule has 0 radical (unpaired) electrons.